The Hall–Kier alpha value is -0.310. The molecule has 4 rings (SSSR count). The zero-order valence-electron chi connectivity index (χ0n) is 8.61. The van der Waals surface area contributed by atoms with Crippen LogP contribution in [0.25, 0.3) is 0 Å². The molecule has 4 fully saturated rings. The van der Waals surface area contributed by atoms with Crippen molar-refractivity contribution in [3.63, 3.8) is 0 Å². The molecule has 4 aliphatic rings. The summed E-state index contributed by atoms with van der Waals surface area (Å²) in [6, 6.07) is 0. The van der Waals surface area contributed by atoms with Crippen molar-refractivity contribution in [2.75, 3.05) is 0 Å². The van der Waals surface area contributed by atoms with Gasteiger partial charge in [0, 0.05) is 0 Å². The Kier molecular flexibility index (Phi) is 2.96. The van der Waals surface area contributed by atoms with Crippen LogP contribution in [0, 0.1) is 23.7 Å². The van der Waals surface area contributed by atoms with Gasteiger partial charge in [-0.05, 0) is 74.4 Å². The molecule has 0 saturated heterocycles. The number of thiocarbonyl (C=S) groups is 1. The van der Waals surface area contributed by atoms with Crippen LogP contribution in [0.2, 0.25) is 0 Å². The van der Waals surface area contributed by atoms with E-state index in [1.807, 2.05) is 0 Å². The molecular weight excluding hydrogens is 192 g/mol. The highest BCUT2D eigenvalue weighted by atomic mass is 32.1. The smallest absolute Gasteiger partial charge is 0.160 e. The maximum atomic E-state index is 4.62. The Balaban J connectivity index is 0.000000165. The summed E-state index contributed by atoms with van der Waals surface area (Å²) in [7, 11) is 0. The van der Waals surface area contributed by atoms with Gasteiger partial charge in [-0.1, -0.05) is 0 Å². The summed E-state index contributed by atoms with van der Waals surface area (Å²) in [4.78, 5) is 0. The third-order valence-electron chi connectivity index (χ3n) is 4.00. The maximum Gasteiger partial charge on any atom is 0.160 e. The number of hydrogen-bond donors (Lipinski definition) is 2. The Morgan fingerprint density at radius 3 is 1.00 bits per heavy atom. The van der Waals surface area contributed by atoms with Crippen LogP contribution in [-0.4, -0.2) is 5.11 Å². The Morgan fingerprint density at radius 2 is 0.857 bits per heavy atom. The molecule has 0 atom stereocenters. The molecule has 0 amide bonds. The molecule has 4 bridgehead atoms. The van der Waals surface area contributed by atoms with Crippen molar-refractivity contribution in [3.05, 3.63) is 0 Å². The zero-order chi connectivity index (χ0) is 10.1. The van der Waals surface area contributed by atoms with Crippen LogP contribution in [0.5, 0.6) is 0 Å². The van der Waals surface area contributed by atoms with Crippen LogP contribution in [0.15, 0.2) is 0 Å². The minimum atomic E-state index is 0.000000000000000222. The van der Waals surface area contributed by atoms with E-state index < -0.39 is 0 Å². The van der Waals surface area contributed by atoms with Crippen molar-refractivity contribution in [1.82, 2.24) is 0 Å². The fourth-order valence-corrected chi connectivity index (χ4v) is 3.98. The lowest BCUT2D eigenvalue weighted by molar-refractivity contribution is 0.0198. The predicted octanol–water partition coefficient (Wildman–Crippen LogP) is 2.02. The molecule has 0 aromatic rings. The van der Waals surface area contributed by atoms with E-state index in [-0.39, 0.29) is 5.11 Å². The van der Waals surface area contributed by atoms with Crippen LogP contribution in [0.4, 0.5) is 0 Å². The highest BCUT2D eigenvalue weighted by Crippen LogP contribution is 2.53. The first-order chi connectivity index (χ1) is 6.63. The molecule has 0 aromatic carbocycles. The second-order valence-electron chi connectivity index (χ2n) is 5.28. The Morgan fingerprint density at radius 1 is 0.714 bits per heavy atom. The molecule has 0 radical (unpaired) electrons. The van der Waals surface area contributed by atoms with Crippen molar-refractivity contribution < 1.29 is 0 Å². The number of hydrogen-bond acceptors (Lipinski definition) is 1. The molecule has 0 spiro atoms. The van der Waals surface area contributed by atoms with Gasteiger partial charge in [0.05, 0.1) is 0 Å². The summed E-state index contributed by atoms with van der Waals surface area (Å²) in [6.07, 6.45) is 9.62. The molecule has 0 aliphatic heterocycles. The van der Waals surface area contributed by atoms with Crippen LogP contribution in [-0.2, 0) is 0 Å². The highest BCUT2D eigenvalue weighted by Gasteiger charge is 2.41. The van der Waals surface area contributed by atoms with E-state index in [2.05, 4.69) is 23.7 Å². The average molecular weight is 212 g/mol. The fraction of sp³-hybridized carbons (Fsp3) is 0.909. The lowest BCUT2D eigenvalue weighted by Crippen LogP contribution is -2.38. The summed E-state index contributed by atoms with van der Waals surface area (Å²) in [5, 5.41) is 0.000000000000000222. The lowest BCUT2D eigenvalue weighted by atomic mass is 9.56. The van der Waals surface area contributed by atoms with E-state index in [4.69, 9.17) is 0 Å². The molecular formula is C11H20N2S. The Bertz CT molecular complexity index is 167. The normalized spacial score (nSPS) is 42.9. The molecule has 2 nitrogen and oxygen atoms in total. The Labute approximate surface area is 91.4 Å². The summed E-state index contributed by atoms with van der Waals surface area (Å²) in [5.74, 6) is 4.71. The van der Waals surface area contributed by atoms with Gasteiger partial charge in [0.15, 0.2) is 5.11 Å². The van der Waals surface area contributed by atoms with E-state index in [1.165, 1.54) is 23.7 Å². The van der Waals surface area contributed by atoms with Crippen LogP contribution >= 0.6 is 12.2 Å². The van der Waals surface area contributed by atoms with Gasteiger partial charge in [-0.25, -0.2) is 0 Å². The van der Waals surface area contributed by atoms with Crippen LogP contribution < -0.4 is 11.5 Å². The summed E-state index contributed by atoms with van der Waals surface area (Å²) < 4.78 is 0. The summed E-state index contributed by atoms with van der Waals surface area (Å²) in [5.41, 5.74) is 9.24. The average Bonchev–Trinajstić information content (AvgIpc) is 1.98. The fourth-order valence-electron chi connectivity index (χ4n) is 3.98. The van der Waals surface area contributed by atoms with Gasteiger partial charge in [-0.2, -0.15) is 0 Å². The van der Waals surface area contributed by atoms with Gasteiger partial charge >= 0.3 is 0 Å². The van der Waals surface area contributed by atoms with E-state index in [9.17, 15) is 0 Å². The van der Waals surface area contributed by atoms with E-state index in [1.54, 1.807) is 38.5 Å². The van der Waals surface area contributed by atoms with Crippen LogP contribution in [0.3, 0.4) is 0 Å². The van der Waals surface area contributed by atoms with Crippen molar-refractivity contribution in [3.8, 4) is 0 Å². The quantitative estimate of drug-likeness (QED) is 0.604. The first kappa shape index (κ1) is 10.2. The summed E-state index contributed by atoms with van der Waals surface area (Å²) >= 11 is 4.09. The third-order valence-corrected chi connectivity index (χ3v) is 4.00. The third kappa shape index (κ3) is 2.38. The molecule has 4 saturated carbocycles. The molecule has 14 heavy (non-hydrogen) atoms. The second kappa shape index (κ2) is 4.05. The van der Waals surface area contributed by atoms with Gasteiger partial charge < -0.3 is 11.5 Å². The standard InChI is InChI=1S/C10H16.CH4N2S/c1-7-2-9-4-8(1)5-10(3-7)6-9;2-1(3)4/h7-10H,1-6H2;(H4,2,3,4). The van der Waals surface area contributed by atoms with Gasteiger partial charge in [0.2, 0.25) is 0 Å². The monoisotopic (exact) mass is 212 g/mol. The topological polar surface area (TPSA) is 52.0 Å². The predicted molar refractivity (Wildman–Crippen MR) is 62.6 cm³/mol. The molecule has 0 aromatic heterocycles. The summed E-state index contributed by atoms with van der Waals surface area (Å²) in [6.45, 7) is 0. The van der Waals surface area contributed by atoms with Crippen molar-refractivity contribution in [2.45, 2.75) is 38.5 Å². The SMILES string of the molecule is C1C2CC3CC1CC(C2)C3.NC(N)=S. The van der Waals surface area contributed by atoms with Crippen molar-refractivity contribution in [2.24, 2.45) is 35.1 Å². The number of rotatable bonds is 0. The lowest BCUT2D eigenvalue weighted by Gasteiger charge is -2.49. The number of nitrogens with two attached hydrogens (primary N) is 2. The molecule has 3 heteroatoms. The molecule has 80 valence electrons. The first-order valence-electron chi connectivity index (χ1n) is 5.68. The minimum absolute atomic E-state index is 0.000000000000000222. The van der Waals surface area contributed by atoms with Gasteiger partial charge in [0.25, 0.3) is 0 Å². The van der Waals surface area contributed by atoms with Crippen molar-refractivity contribution >= 4 is 17.3 Å². The second-order valence-corrected chi connectivity index (χ2v) is 5.75. The van der Waals surface area contributed by atoms with Gasteiger partial charge in [-0.15, -0.1) is 0 Å². The molecule has 4 N–H and O–H groups in total. The van der Waals surface area contributed by atoms with Crippen LogP contribution in [0.1, 0.15) is 38.5 Å². The largest absolute Gasteiger partial charge is 0.377 e. The minimum Gasteiger partial charge on any atom is -0.377 e. The molecule has 0 heterocycles. The molecule has 0 unspecified atom stereocenters. The van der Waals surface area contributed by atoms with Crippen molar-refractivity contribution in [1.29, 1.82) is 0 Å². The van der Waals surface area contributed by atoms with E-state index in [0.29, 0.717) is 0 Å². The maximum absolute atomic E-state index is 4.62. The first-order valence-corrected chi connectivity index (χ1v) is 6.09. The molecule has 4 aliphatic carbocycles. The van der Waals surface area contributed by atoms with E-state index in [0.717, 1.165) is 0 Å². The zero-order valence-corrected chi connectivity index (χ0v) is 9.43. The van der Waals surface area contributed by atoms with Gasteiger partial charge in [-0.3, -0.25) is 0 Å². The highest BCUT2D eigenvalue weighted by molar-refractivity contribution is 7.80. The van der Waals surface area contributed by atoms with E-state index >= 15 is 0 Å². The van der Waals surface area contributed by atoms with Gasteiger partial charge in [0.1, 0.15) is 0 Å².